The highest BCUT2D eigenvalue weighted by atomic mass is 16.1. The Morgan fingerprint density at radius 3 is 2.32 bits per heavy atom. The molecule has 2 aromatic carbocycles. The molecule has 28 heavy (non-hydrogen) atoms. The molecule has 3 aromatic rings. The van der Waals surface area contributed by atoms with Crippen LogP contribution in [0.2, 0.25) is 0 Å². The van der Waals surface area contributed by atoms with E-state index in [4.69, 9.17) is 0 Å². The first-order chi connectivity index (χ1) is 13.6. The van der Waals surface area contributed by atoms with E-state index in [0.29, 0.717) is 36.3 Å². The average Bonchev–Trinajstić information content (AvgIpc) is 2.73. The van der Waals surface area contributed by atoms with Crippen LogP contribution < -0.4 is 10.6 Å². The van der Waals surface area contributed by atoms with Gasteiger partial charge in [0.05, 0.1) is 0 Å². The quantitative estimate of drug-likeness (QED) is 0.608. The van der Waals surface area contributed by atoms with Gasteiger partial charge in [-0.2, -0.15) is 0 Å². The van der Waals surface area contributed by atoms with Gasteiger partial charge in [0.2, 0.25) is 0 Å². The van der Waals surface area contributed by atoms with E-state index in [1.807, 2.05) is 60.7 Å². The molecule has 0 saturated heterocycles. The summed E-state index contributed by atoms with van der Waals surface area (Å²) in [6.45, 7) is 5.53. The summed E-state index contributed by atoms with van der Waals surface area (Å²) in [5.74, 6) is 1.52. The average molecular weight is 374 g/mol. The van der Waals surface area contributed by atoms with E-state index in [-0.39, 0.29) is 5.91 Å². The molecule has 0 radical (unpaired) electrons. The monoisotopic (exact) mass is 374 g/mol. The second-order valence-electron chi connectivity index (χ2n) is 7.11. The van der Waals surface area contributed by atoms with E-state index in [1.54, 1.807) is 6.07 Å². The highest BCUT2D eigenvalue weighted by Gasteiger charge is 2.13. The van der Waals surface area contributed by atoms with E-state index in [2.05, 4.69) is 34.4 Å². The lowest BCUT2D eigenvalue weighted by molar-refractivity contribution is 0.0947. The molecule has 0 aliphatic heterocycles. The second-order valence-corrected chi connectivity index (χ2v) is 7.11. The molecule has 0 aliphatic carbocycles. The summed E-state index contributed by atoms with van der Waals surface area (Å²) in [6, 6.07) is 21.5. The number of hydrogen-bond donors (Lipinski definition) is 2. The van der Waals surface area contributed by atoms with Crippen LogP contribution in [0.4, 0.5) is 5.82 Å². The zero-order chi connectivity index (χ0) is 19.8. The van der Waals surface area contributed by atoms with Crippen molar-refractivity contribution < 1.29 is 4.79 Å². The molecule has 0 atom stereocenters. The first-order valence-electron chi connectivity index (χ1n) is 9.62. The molecule has 144 valence electrons. The molecule has 5 heteroatoms. The van der Waals surface area contributed by atoms with Gasteiger partial charge < -0.3 is 10.6 Å². The van der Waals surface area contributed by atoms with E-state index in [9.17, 15) is 4.79 Å². The number of carbonyl (C=O) groups is 1. The SMILES string of the molecule is CC(C)CCNC(=O)c1cc(NCc2ccccc2)nc(-c2ccccc2)n1. The molecule has 0 saturated carbocycles. The van der Waals surface area contributed by atoms with Crippen molar-refractivity contribution >= 4 is 11.7 Å². The van der Waals surface area contributed by atoms with Crippen molar-refractivity contribution in [1.29, 1.82) is 0 Å². The number of nitrogens with zero attached hydrogens (tertiary/aromatic N) is 2. The number of nitrogens with one attached hydrogen (secondary N) is 2. The summed E-state index contributed by atoms with van der Waals surface area (Å²) in [6.07, 6.45) is 0.932. The highest BCUT2D eigenvalue weighted by molar-refractivity contribution is 5.93. The predicted octanol–water partition coefficient (Wildman–Crippen LogP) is 4.53. The van der Waals surface area contributed by atoms with Crippen molar-refractivity contribution in [2.24, 2.45) is 5.92 Å². The van der Waals surface area contributed by atoms with Gasteiger partial charge in [0.15, 0.2) is 5.82 Å². The third kappa shape index (κ3) is 5.64. The Labute approximate surface area is 166 Å². The molecule has 0 unspecified atom stereocenters. The van der Waals surface area contributed by atoms with Crippen LogP contribution >= 0.6 is 0 Å². The standard InChI is InChI=1S/C23H26N4O/c1-17(2)13-14-24-23(28)20-15-21(25-16-18-9-5-3-6-10-18)27-22(26-20)19-11-7-4-8-12-19/h3-12,15,17H,13-14,16H2,1-2H3,(H,24,28)(H,25,26,27). The van der Waals surface area contributed by atoms with Gasteiger partial charge in [-0.15, -0.1) is 0 Å². The molecule has 0 bridgehead atoms. The third-order valence-electron chi connectivity index (χ3n) is 4.31. The summed E-state index contributed by atoms with van der Waals surface area (Å²) in [5, 5.41) is 6.26. The predicted molar refractivity (Wildman–Crippen MR) is 113 cm³/mol. The van der Waals surface area contributed by atoms with Gasteiger partial charge in [0.1, 0.15) is 11.5 Å². The van der Waals surface area contributed by atoms with E-state index < -0.39 is 0 Å². The van der Waals surface area contributed by atoms with Crippen LogP contribution in [-0.2, 0) is 6.54 Å². The van der Waals surface area contributed by atoms with Crippen molar-refractivity contribution in [2.75, 3.05) is 11.9 Å². The fraction of sp³-hybridized carbons (Fsp3) is 0.261. The fourth-order valence-corrected chi connectivity index (χ4v) is 2.72. The summed E-state index contributed by atoms with van der Waals surface area (Å²) in [4.78, 5) is 21.7. The first kappa shape index (κ1) is 19.5. The van der Waals surface area contributed by atoms with Gasteiger partial charge in [-0.1, -0.05) is 74.5 Å². The lowest BCUT2D eigenvalue weighted by Crippen LogP contribution is -2.26. The highest BCUT2D eigenvalue weighted by Crippen LogP contribution is 2.18. The first-order valence-corrected chi connectivity index (χ1v) is 9.62. The smallest absolute Gasteiger partial charge is 0.270 e. The van der Waals surface area contributed by atoms with Crippen molar-refractivity contribution in [3.63, 3.8) is 0 Å². The molecule has 1 aromatic heterocycles. The van der Waals surface area contributed by atoms with Crippen molar-refractivity contribution in [3.8, 4) is 11.4 Å². The summed E-state index contributed by atoms with van der Waals surface area (Å²) >= 11 is 0. The molecular weight excluding hydrogens is 348 g/mol. The maximum Gasteiger partial charge on any atom is 0.270 e. The maximum atomic E-state index is 12.6. The lowest BCUT2D eigenvalue weighted by Gasteiger charge is -2.11. The van der Waals surface area contributed by atoms with Crippen LogP contribution in [0.15, 0.2) is 66.7 Å². The number of aromatic nitrogens is 2. The van der Waals surface area contributed by atoms with Crippen molar-refractivity contribution in [1.82, 2.24) is 15.3 Å². The van der Waals surface area contributed by atoms with Crippen LogP contribution in [0, 0.1) is 5.92 Å². The second kappa shape index (κ2) is 9.65. The number of rotatable bonds is 8. The van der Waals surface area contributed by atoms with Crippen LogP contribution in [0.5, 0.6) is 0 Å². The summed E-state index contributed by atoms with van der Waals surface area (Å²) in [7, 11) is 0. The van der Waals surface area contributed by atoms with E-state index >= 15 is 0 Å². The van der Waals surface area contributed by atoms with E-state index in [0.717, 1.165) is 17.5 Å². The topological polar surface area (TPSA) is 66.9 Å². The molecule has 1 heterocycles. The normalized spacial score (nSPS) is 10.7. The Kier molecular flexibility index (Phi) is 6.73. The Morgan fingerprint density at radius 2 is 1.64 bits per heavy atom. The minimum absolute atomic E-state index is 0.178. The molecule has 5 nitrogen and oxygen atoms in total. The molecule has 0 fully saturated rings. The Balaban J connectivity index is 1.82. The molecule has 0 aliphatic rings. The Hall–Kier alpha value is -3.21. The van der Waals surface area contributed by atoms with Crippen LogP contribution in [0.3, 0.4) is 0 Å². The van der Waals surface area contributed by atoms with Gasteiger partial charge in [-0.3, -0.25) is 4.79 Å². The number of amides is 1. The van der Waals surface area contributed by atoms with Gasteiger partial charge in [0, 0.05) is 24.7 Å². The fourth-order valence-electron chi connectivity index (χ4n) is 2.72. The Bertz CT molecular complexity index is 895. The van der Waals surface area contributed by atoms with Gasteiger partial charge in [-0.25, -0.2) is 9.97 Å². The molecule has 2 N–H and O–H groups in total. The third-order valence-corrected chi connectivity index (χ3v) is 4.31. The minimum atomic E-state index is -0.178. The number of hydrogen-bond acceptors (Lipinski definition) is 4. The molecule has 1 amide bonds. The molecule has 0 spiro atoms. The summed E-state index contributed by atoms with van der Waals surface area (Å²) < 4.78 is 0. The van der Waals surface area contributed by atoms with Gasteiger partial charge >= 0.3 is 0 Å². The zero-order valence-electron chi connectivity index (χ0n) is 16.4. The maximum absolute atomic E-state index is 12.6. The Morgan fingerprint density at radius 1 is 0.964 bits per heavy atom. The molecular formula is C23H26N4O. The van der Waals surface area contributed by atoms with Gasteiger partial charge in [-0.05, 0) is 17.9 Å². The van der Waals surface area contributed by atoms with Crippen molar-refractivity contribution in [2.45, 2.75) is 26.8 Å². The summed E-state index contributed by atoms with van der Waals surface area (Å²) in [5.41, 5.74) is 2.39. The minimum Gasteiger partial charge on any atom is -0.366 e. The zero-order valence-corrected chi connectivity index (χ0v) is 16.4. The van der Waals surface area contributed by atoms with Crippen LogP contribution in [0.25, 0.3) is 11.4 Å². The van der Waals surface area contributed by atoms with E-state index in [1.165, 1.54) is 0 Å². The number of benzene rings is 2. The number of anilines is 1. The van der Waals surface area contributed by atoms with Crippen LogP contribution in [0.1, 0.15) is 36.3 Å². The van der Waals surface area contributed by atoms with Crippen molar-refractivity contribution in [3.05, 3.63) is 78.0 Å². The lowest BCUT2D eigenvalue weighted by atomic mass is 10.1. The van der Waals surface area contributed by atoms with Crippen LogP contribution in [-0.4, -0.2) is 22.4 Å². The van der Waals surface area contributed by atoms with Gasteiger partial charge in [0.25, 0.3) is 5.91 Å². The largest absolute Gasteiger partial charge is 0.366 e. The number of carbonyl (C=O) groups excluding carboxylic acids is 1. The molecule has 3 rings (SSSR count).